The maximum atomic E-state index is 14.5. The molecule has 0 spiro atoms. The van der Waals surface area contributed by atoms with E-state index in [1.54, 1.807) is 20.3 Å². The SMILES string of the molecule is COc1cccc(CN2CC[C@@H](N3CCN(c4ccccc4F)CC3)[C@@H](CCC(=O)Nc3cccc(C)c3)C2)c1OC. The fourth-order valence-electron chi connectivity index (χ4n) is 6.59. The highest BCUT2D eigenvalue weighted by Crippen LogP contribution is 2.34. The average Bonchev–Trinajstić information content (AvgIpc) is 3.00. The summed E-state index contributed by atoms with van der Waals surface area (Å²) >= 11 is 0. The summed E-state index contributed by atoms with van der Waals surface area (Å²) in [6.07, 6.45) is 2.30. The van der Waals surface area contributed by atoms with Gasteiger partial charge in [0.1, 0.15) is 5.82 Å². The molecule has 0 saturated carbocycles. The van der Waals surface area contributed by atoms with Crippen molar-refractivity contribution in [2.24, 2.45) is 5.92 Å². The van der Waals surface area contributed by atoms with E-state index < -0.39 is 0 Å². The number of ether oxygens (including phenoxy) is 2. The Balaban J connectivity index is 1.26. The van der Waals surface area contributed by atoms with Crippen molar-refractivity contribution in [3.63, 3.8) is 0 Å². The van der Waals surface area contributed by atoms with Gasteiger partial charge in [-0.25, -0.2) is 4.39 Å². The number of carbonyl (C=O) groups is 1. The highest BCUT2D eigenvalue weighted by molar-refractivity contribution is 5.90. The number of nitrogens with zero attached hydrogens (tertiary/aromatic N) is 3. The van der Waals surface area contributed by atoms with Gasteiger partial charge in [0.2, 0.25) is 5.91 Å². The molecule has 1 N–H and O–H groups in total. The number of para-hydroxylation sites is 2. The van der Waals surface area contributed by atoms with Crippen LogP contribution in [-0.2, 0) is 11.3 Å². The molecular weight excluding hydrogens is 531 g/mol. The molecule has 0 aliphatic carbocycles. The number of piperazine rings is 1. The first kappa shape index (κ1) is 29.9. The van der Waals surface area contributed by atoms with Crippen LogP contribution in [0.1, 0.15) is 30.4 Å². The van der Waals surface area contributed by atoms with Crippen molar-refractivity contribution >= 4 is 17.3 Å². The fourth-order valence-corrected chi connectivity index (χ4v) is 6.59. The second-order valence-corrected chi connectivity index (χ2v) is 11.4. The van der Waals surface area contributed by atoms with Crippen LogP contribution >= 0.6 is 0 Å². The zero-order valence-electron chi connectivity index (χ0n) is 25.0. The molecule has 42 heavy (non-hydrogen) atoms. The number of anilines is 2. The summed E-state index contributed by atoms with van der Waals surface area (Å²) in [7, 11) is 3.35. The molecule has 0 unspecified atom stereocenters. The van der Waals surface area contributed by atoms with Gasteiger partial charge < -0.3 is 19.7 Å². The third-order valence-corrected chi connectivity index (χ3v) is 8.68. The molecule has 1 amide bonds. The number of hydrogen-bond donors (Lipinski definition) is 1. The van der Waals surface area contributed by atoms with E-state index in [0.717, 1.165) is 87.0 Å². The monoisotopic (exact) mass is 574 g/mol. The Bertz CT molecular complexity index is 1340. The van der Waals surface area contributed by atoms with Gasteiger partial charge in [0.05, 0.1) is 19.9 Å². The highest BCUT2D eigenvalue weighted by atomic mass is 19.1. The molecule has 224 valence electrons. The molecule has 5 rings (SSSR count). The Morgan fingerprint density at radius 2 is 1.74 bits per heavy atom. The molecular formula is C34H43FN4O3. The number of halogens is 1. The van der Waals surface area contributed by atoms with Crippen LogP contribution in [0, 0.1) is 18.7 Å². The van der Waals surface area contributed by atoms with Crippen LogP contribution in [0.5, 0.6) is 11.5 Å². The van der Waals surface area contributed by atoms with E-state index in [1.165, 1.54) is 6.07 Å². The number of rotatable bonds is 10. The van der Waals surface area contributed by atoms with E-state index in [-0.39, 0.29) is 11.7 Å². The summed E-state index contributed by atoms with van der Waals surface area (Å²) in [5.74, 6) is 1.74. The van der Waals surface area contributed by atoms with Crippen molar-refractivity contribution in [2.45, 2.75) is 38.8 Å². The Labute approximate surface area is 249 Å². The molecule has 8 heteroatoms. The fraction of sp³-hybridized carbons (Fsp3) is 0.441. The molecule has 3 aromatic carbocycles. The Morgan fingerprint density at radius 3 is 2.48 bits per heavy atom. The first-order valence-corrected chi connectivity index (χ1v) is 15.0. The van der Waals surface area contributed by atoms with Crippen LogP contribution in [0.4, 0.5) is 15.8 Å². The second-order valence-electron chi connectivity index (χ2n) is 11.4. The van der Waals surface area contributed by atoms with E-state index in [0.29, 0.717) is 24.1 Å². The number of likely N-dealkylation sites (tertiary alicyclic amines) is 1. The van der Waals surface area contributed by atoms with E-state index in [4.69, 9.17) is 9.47 Å². The van der Waals surface area contributed by atoms with Crippen molar-refractivity contribution in [3.05, 3.63) is 83.7 Å². The summed E-state index contributed by atoms with van der Waals surface area (Å²) in [6, 6.07) is 21.4. The van der Waals surface area contributed by atoms with Crippen LogP contribution in [0.15, 0.2) is 66.7 Å². The van der Waals surface area contributed by atoms with Gasteiger partial charge in [0.15, 0.2) is 11.5 Å². The normalized spacial score (nSPS) is 19.9. The third-order valence-electron chi connectivity index (χ3n) is 8.68. The number of carbonyl (C=O) groups excluding carboxylic acids is 1. The lowest BCUT2D eigenvalue weighted by molar-refractivity contribution is -0.116. The minimum atomic E-state index is -0.162. The van der Waals surface area contributed by atoms with Crippen LogP contribution in [-0.4, -0.2) is 75.2 Å². The molecule has 3 aromatic rings. The number of piperidine rings is 1. The van der Waals surface area contributed by atoms with Crippen LogP contribution < -0.4 is 19.7 Å². The van der Waals surface area contributed by atoms with Crippen LogP contribution in [0.3, 0.4) is 0 Å². The van der Waals surface area contributed by atoms with Gasteiger partial charge in [-0.05, 0) is 68.1 Å². The number of nitrogens with one attached hydrogen (secondary N) is 1. The summed E-state index contributed by atoms with van der Waals surface area (Å²) < 4.78 is 25.7. The molecule has 0 bridgehead atoms. The van der Waals surface area contributed by atoms with Gasteiger partial charge in [0, 0.05) is 63.0 Å². The summed E-state index contributed by atoms with van der Waals surface area (Å²) in [4.78, 5) is 20.2. The van der Waals surface area contributed by atoms with Crippen molar-refractivity contribution in [2.75, 3.05) is 63.7 Å². The van der Waals surface area contributed by atoms with Crippen molar-refractivity contribution in [3.8, 4) is 11.5 Å². The second kappa shape index (κ2) is 14.0. The Hall–Kier alpha value is -3.62. The standard InChI is InChI=1S/C34H43FN4O3/c1-25-8-6-10-28(22-25)36-33(40)15-14-26-23-37(24-27-9-7-13-32(41-2)34(27)42-3)17-16-30(26)38-18-20-39(21-19-38)31-12-5-4-11-29(31)35/h4-13,22,26,30H,14-21,23-24H2,1-3H3,(H,36,40)/t26-,30+/m0/s1. The summed E-state index contributed by atoms with van der Waals surface area (Å²) in [5.41, 5.74) is 3.75. The van der Waals surface area contributed by atoms with E-state index >= 15 is 0 Å². The van der Waals surface area contributed by atoms with Crippen LogP contribution in [0.25, 0.3) is 0 Å². The first-order chi connectivity index (χ1) is 20.4. The van der Waals surface area contributed by atoms with Gasteiger partial charge in [-0.2, -0.15) is 0 Å². The smallest absolute Gasteiger partial charge is 0.224 e. The Morgan fingerprint density at radius 1 is 0.952 bits per heavy atom. The van der Waals surface area contributed by atoms with Gasteiger partial charge in [-0.1, -0.05) is 36.4 Å². The number of benzene rings is 3. The molecule has 7 nitrogen and oxygen atoms in total. The molecule has 2 saturated heterocycles. The number of aryl methyl sites for hydroxylation is 1. The number of methoxy groups -OCH3 is 2. The number of amides is 1. The van der Waals surface area contributed by atoms with Gasteiger partial charge >= 0.3 is 0 Å². The molecule has 0 radical (unpaired) electrons. The Kier molecular flexibility index (Phi) is 9.97. The zero-order chi connectivity index (χ0) is 29.5. The van der Waals surface area contributed by atoms with Gasteiger partial charge in [-0.3, -0.25) is 14.6 Å². The first-order valence-electron chi connectivity index (χ1n) is 15.0. The molecule has 2 atom stereocenters. The minimum absolute atomic E-state index is 0.0512. The third kappa shape index (κ3) is 7.23. The molecule has 2 aliphatic rings. The van der Waals surface area contributed by atoms with Crippen molar-refractivity contribution in [1.29, 1.82) is 0 Å². The van der Waals surface area contributed by atoms with E-state index in [1.807, 2.05) is 55.5 Å². The summed E-state index contributed by atoms with van der Waals surface area (Å²) in [5, 5.41) is 3.09. The zero-order valence-corrected chi connectivity index (χ0v) is 25.0. The number of hydrogen-bond acceptors (Lipinski definition) is 6. The molecule has 0 aromatic heterocycles. The molecule has 2 aliphatic heterocycles. The van der Waals surface area contributed by atoms with Gasteiger partial charge in [-0.15, -0.1) is 0 Å². The highest BCUT2D eigenvalue weighted by Gasteiger charge is 2.35. The lowest BCUT2D eigenvalue weighted by Gasteiger charge is -2.47. The predicted molar refractivity (Wildman–Crippen MR) is 166 cm³/mol. The predicted octanol–water partition coefficient (Wildman–Crippen LogP) is 5.58. The van der Waals surface area contributed by atoms with E-state index in [2.05, 4.69) is 26.1 Å². The lowest BCUT2D eigenvalue weighted by atomic mass is 9.86. The topological polar surface area (TPSA) is 57.3 Å². The maximum absolute atomic E-state index is 14.5. The molecule has 2 fully saturated rings. The largest absolute Gasteiger partial charge is 0.493 e. The minimum Gasteiger partial charge on any atom is -0.493 e. The molecule has 2 heterocycles. The lowest BCUT2D eigenvalue weighted by Crippen LogP contribution is -2.56. The van der Waals surface area contributed by atoms with Crippen LogP contribution in [0.2, 0.25) is 0 Å². The quantitative estimate of drug-likeness (QED) is 0.341. The van der Waals surface area contributed by atoms with Crippen molar-refractivity contribution in [1.82, 2.24) is 9.80 Å². The van der Waals surface area contributed by atoms with Gasteiger partial charge in [0.25, 0.3) is 0 Å². The van der Waals surface area contributed by atoms with Crippen molar-refractivity contribution < 1.29 is 18.7 Å². The average molecular weight is 575 g/mol. The maximum Gasteiger partial charge on any atom is 0.224 e. The van der Waals surface area contributed by atoms with E-state index in [9.17, 15) is 9.18 Å². The summed E-state index contributed by atoms with van der Waals surface area (Å²) in [6.45, 7) is 8.01.